The molecule has 2 aliphatic heterocycles. The van der Waals surface area contributed by atoms with Gasteiger partial charge in [0.2, 0.25) is 0 Å². The quantitative estimate of drug-likeness (QED) is 0.856. The number of halogens is 2. The Morgan fingerprint density at radius 2 is 1.93 bits per heavy atom. The largest absolute Gasteiger partial charge is 0.443 e. The molecule has 0 aromatic heterocycles. The Hall–Kier alpha value is -2.51. The molecular formula is C21H22F2N2O3. The third kappa shape index (κ3) is 3.25. The summed E-state index contributed by atoms with van der Waals surface area (Å²) in [4.78, 5) is 14.4. The number of rotatable bonds is 5. The number of hydrogen-bond acceptors (Lipinski definition) is 4. The minimum atomic E-state index is -0.887. The molecule has 3 unspecified atom stereocenters. The fourth-order valence-corrected chi connectivity index (χ4v) is 4.34. The summed E-state index contributed by atoms with van der Waals surface area (Å²) in [6.45, 7) is 1.49. The Labute approximate surface area is 162 Å². The minimum Gasteiger partial charge on any atom is -0.443 e. The Kier molecular flexibility index (Phi) is 5.03. The van der Waals surface area contributed by atoms with Crippen molar-refractivity contribution in [2.75, 3.05) is 26.8 Å². The van der Waals surface area contributed by atoms with Crippen molar-refractivity contribution < 1.29 is 23.0 Å². The van der Waals surface area contributed by atoms with Gasteiger partial charge in [-0.1, -0.05) is 30.3 Å². The summed E-state index contributed by atoms with van der Waals surface area (Å²) < 4.78 is 39.1. The summed E-state index contributed by atoms with van der Waals surface area (Å²) in [5.41, 5.74) is 0.519. The van der Waals surface area contributed by atoms with E-state index in [4.69, 9.17) is 9.47 Å². The van der Waals surface area contributed by atoms with Gasteiger partial charge in [0.1, 0.15) is 17.7 Å². The zero-order valence-electron chi connectivity index (χ0n) is 15.5. The summed E-state index contributed by atoms with van der Waals surface area (Å²) >= 11 is 0. The minimum absolute atomic E-state index is 0.163. The molecule has 4 rings (SSSR count). The fraction of sp³-hybridized carbons (Fsp3) is 0.381. The van der Waals surface area contributed by atoms with E-state index in [2.05, 4.69) is 5.32 Å². The molecule has 7 heteroatoms. The van der Waals surface area contributed by atoms with Crippen molar-refractivity contribution in [3.8, 4) is 0 Å². The topological polar surface area (TPSA) is 50.8 Å². The van der Waals surface area contributed by atoms with Gasteiger partial charge in [-0.15, -0.1) is 0 Å². The number of nitrogens with zero attached hydrogens (tertiary/aromatic N) is 1. The number of carbonyl (C=O) groups excluding carboxylic acids is 1. The van der Waals surface area contributed by atoms with E-state index < -0.39 is 29.2 Å². The number of amides is 1. The third-order valence-electron chi connectivity index (χ3n) is 5.59. The van der Waals surface area contributed by atoms with Crippen LogP contribution in [-0.4, -0.2) is 49.9 Å². The average molecular weight is 388 g/mol. The lowest BCUT2D eigenvalue weighted by Gasteiger charge is -2.44. The van der Waals surface area contributed by atoms with Gasteiger partial charge in [0.25, 0.3) is 0 Å². The molecule has 3 atom stereocenters. The van der Waals surface area contributed by atoms with Crippen molar-refractivity contribution in [2.45, 2.75) is 24.1 Å². The Balaban J connectivity index is 1.71. The van der Waals surface area contributed by atoms with Crippen LogP contribution in [0.15, 0.2) is 48.5 Å². The zero-order chi connectivity index (χ0) is 19.7. The first-order chi connectivity index (χ1) is 13.5. The molecule has 2 aliphatic rings. The molecule has 2 heterocycles. The van der Waals surface area contributed by atoms with Crippen molar-refractivity contribution in [3.05, 3.63) is 71.3 Å². The first kappa shape index (κ1) is 18.8. The predicted molar refractivity (Wildman–Crippen MR) is 98.8 cm³/mol. The van der Waals surface area contributed by atoms with Crippen molar-refractivity contribution >= 4 is 6.09 Å². The monoisotopic (exact) mass is 388 g/mol. The van der Waals surface area contributed by atoms with Crippen LogP contribution in [0.3, 0.4) is 0 Å². The summed E-state index contributed by atoms with van der Waals surface area (Å²) in [7, 11) is 1.53. The number of nitrogens with one attached hydrogen (secondary N) is 1. The molecular weight excluding hydrogens is 366 g/mol. The molecule has 1 N–H and O–H groups in total. The van der Waals surface area contributed by atoms with Crippen molar-refractivity contribution in [3.63, 3.8) is 0 Å². The Bertz CT molecular complexity index is 840. The normalized spacial score (nSPS) is 26.8. The highest BCUT2D eigenvalue weighted by Crippen LogP contribution is 2.40. The van der Waals surface area contributed by atoms with E-state index in [0.717, 1.165) is 11.6 Å². The van der Waals surface area contributed by atoms with E-state index >= 15 is 0 Å². The second-order valence-corrected chi connectivity index (χ2v) is 7.36. The molecule has 0 bridgehead atoms. The average Bonchev–Trinajstić information content (AvgIpc) is 2.99. The Morgan fingerprint density at radius 1 is 1.21 bits per heavy atom. The second-order valence-electron chi connectivity index (χ2n) is 7.36. The number of piperidine rings is 1. The van der Waals surface area contributed by atoms with E-state index in [-0.39, 0.29) is 12.6 Å². The van der Waals surface area contributed by atoms with Gasteiger partial charge in [-0.3, -0.25) is 4.90 Å². The molecule has 0 radical (unpaired) electrons. The summed E-state index contributed by atoms with van der Waals surface area (Å²) in [5, 5.41) is 3.31. The molecule has 148 valence electrons. The number of carbonyl (C=O) groups is 1. The van der Waals surface area contributed by atoms with Gasteiger partial charge in [0, 0.05) is 32.8 Å². The standard InChI is InChI=1S/C21H22F2N2O3/c1-27-13-21(15-7-16(22)9-17(23)8-15)12-24-10-18-19(21)28-20(26)25(18)11-14-5-3-2-4-6-14/h2-9,18-19,24H,10-13H2,1H3. The zero-order valence-corrected chi connectivity index (χ0v) is 15.5. The number of fused-ring (bicyclic) bond motifs is 1. The lowest BCUT2D eigenvalue weighted by molar-refractivity contribution is 0.00252. The molecule has 0 spiro atoms. The van der Waals surface area contributed by atoms with Crippen LogP contribution in [0, 0.1) is 11.6 Å². The van der Waals surface area contributed by atoms with Gasteiger partial charge in [-0.05, 0) is 23.3 Å². The van der Waals surface area contributed by atoms with E-state index in [1.165, 1.54) is 19.2 Å². The van der Waals surface area contributed by atoms with Gasteiger partial charge >= 0.3 is 6.09 Å². The first-order valence-corrected chi connectivity index (χ1v) is 9.21. The third-order valence-corrected chi connectivity index (χ3v) is 5.59. The van der Waals surface area contributed by atoms with Crippen molar-refractivity contribution in [2.24, 2.45) is 0 Å². The predicted octanol–water partition coefficient (Wildman–Crippen LogP) is 2.84. The molecule has 5 nitrogen and oxygen atoms in total. The molecule has 2 aromatic carbocycles. The van der Waals surface area contributed by atoms with E-state index in [1.807, 2.05) is 30.3 Å². The van der Waals surface area contributed by atoms with Crippen LogP contribution in [-0.2, 0) is 21.4 Å². The molecule has 2 saturated heterocycles. The summed E-state index contributed by atoms with van der Waals surface area (Å²) in [6.07, 6.45) is -1.01. The molecule has 0 aliphatic carbocycles. The van der Waals surface area contributed by atoms with Gasteiger partial charge in [0.15, 0.2) is 0 Å². The summed E-state index contributed by atoms with van der Waals surface area (Å²) in [5.74, 6) is -1.34. The molecule has 2 fully saturated rings. The SMILES string of the molecule is COCC1(c2cc(F)cc(F)c2)CNCC2C1OC(=O)N2Cc1ccccc1. The van der Waals surface area contributed by atoms with Crippen LogP contribution in [0.1, 0.15) is 11.1 Å². The van der Waals surface area contributed by atoms with Crippen LogP contribution in [0.5, 0.6) is 0 Å². The smallest absolute Gasteiger partial charge is 0.410 e. The molecule has 0 saturated carbocycles. The lowest BCUT2D eigenvalue weighted by Crippen LogP contribution is -2.63. The first-order valence-electron chi connectivity index (χ1n) is 9.21. The fourth-order valence-electron chi connectivity index (χ4n) is 4.34. The highest BCUT2D eigenvalue weighted by Gasteiger charge is 2.56. The maximum atomic E-state index is 14.0. The lowest BCUT2D eigenvalue weighted by atomic mass is 9.71. The van der Waals surface area contributed by atoms with Crippen LogP contribution >= 0.6 is 0 Å². The van der Waals surface area contributed by atoms with Gasteiger partial charge in [-0.25, -0.2) is 13.6 Å². The van der Waals surface area contributed by atoms with Gasteiger partial charge < -0.3 is 14.8 Å². The number of ether oxygens (including phenoxy) is 2. The number of benzene rings is 2. The number of methoxy groups -OCH3 is 1. The van der Waals surface area contributed by atoms with E-state index in [0.29, 0.717) is 25.2 Å². The van der Waals surface area contributed by atoms with Crippen molar-refractivity contribution in [1.82, 2.24) is 10.2 Å². The van der Waals surface area contributed by atoms with E-state index in [9.17, 15) is 13.6 Å². The second kappa shape index (κ2) is 7.48. The van der Waals surface area contributed by atoms with Gasteiger partial charge in [0.05, 0.1) is 18.1 Å². The maximum absolute atomic E-state index is 14.0. The molecule has 2 aromatic rings. The number of hydrogen-bond donors (Lipinski definition) is 1. The molecule has 1 amide bonds. The Morgan fingerprint density at radius 3 is 2.61 bits per heavy atom. The van der Waals surface area contributed by atoms with Crippen molar-refractivity contribution in [1.29, 1.82) is 0 Å². The maximum Gasteiger partial charge on any atom is 0.410 e. The van der Waals surface area contributed by atoms with Crippen LogP contribution < -0.4 is 5.32 Å². The van der Waals surface area contributed by atoms with Crippen LogP contribution in [0.4, 0.5) is 13.6 Å². The van der Waals surface area contributed by atoms with Crippen LogP contribution in [0.25, 0.3) is 0 Å². The molecule has 28 heavy (non-hydrogen) atoms. The summed E-state index contributed by atoms with van der Waals surface area (Å²) in [6, 6.07) is 12.8. The van der Waals surface area contributed by atoms with Gasteiger partial charge in [-0.2, -0.15) is 0 Å². The highest BCUT2D eigenvalue weighted by molar-refractivity contribution is 5.71. The van der Waals surface area contributed by atoms with Crippen LogP contribution in [0.2, 0.25) is 0 Å². The van der Waals surface area contributed by atoms with E-state index in [1.54, 1.807) is 4.90 Å². The highest BCUT2D eigenvalue weighted by atomic mass is 19.1.